The van der Waals surface area contributed by atoms with Gasteiger partial charge in [0.05, 0.1) is 26.2 Å². The van der Waals surface area contributed by atoms with Crippen molar-refractivity contribution in [2.45, 2.75) is 25.4 Å². The highest BCUT2D eigenvalue weighted by molar-refractivity contribution is 5.67. The summed E-state index contributed by atoms with van der Waals surface area (Å²) in [7, 11) is 0. The van der Waals surface area contributed by atoms with Crippen molar-refractivity contribution in [1.82, 2.24) is 4.90 Å². The van der Waals surface area contributed by atoms with Crippen LogP contribution in [-0.2, 0) is 9.53 Å². The number of para-hydroxylation sites is 1. The molecule has 0 aliphatic carbocycles. The predicted octanol–water partition coefficient (Wildman–Crippen LogP) is 1.93. The molecule has 0 bridgehead atoms. The summed E-state index contributed by atoms with van der Waals surface area (Å²) in [6, 6.07) is 8.18. The molecule has 0 amide bonds. The molecule has 2 aliphatic heterocycles. The Hall–Kier alpha value is -1.59. The van der Waals surface area contributed by atoms with Gasteiger partial charge in [-0.25, -0.2) is 0 Å². The zero-order chi connectivity index (χ0) is 14.8. The second kappa shape index (κ2) is 6.03. The zero-order valence-corrected chi connectivity index (χ0v) is 12.2. The molecule has 21 heavy (non-hydrogen) atoms. The molecule has 1 saturated heterocycles. The Morgan fingerprint density at radius 1 is 1.38 bits per heavy atom. The predicted molar refractivity (Wildman–Crippen MR) is 77.4 cm³/mol. The fourth-order valence-electron chi connectivity index (χ4n) is 3.39. The van der Waals surface area contributed by atoms with Gasteiger partial charge in [-0.05, 0) is 6.07 Å². The van der Waals surface area contributed by atoms with E-state index in [-0.39, 0.29) is 18.5 Å². The maximum absolute atomic E-state index is 11.1. The van der Waals surface area contributed by atoms with Crippen molar-refractivity contribution in [2.75, 3.05) is 26.4 Å². The summed E-state index contributed by atoms with van der Waals surface area (Å²) >= 11 is 0. The van der Waals surface area contributed by atoms with Gasteiger partial charge in [0.25, 0.3) is 0 Å². The third-order valence-corrected chi connectivity index (χ3v) is 4.32. The molecule has 114 valence electrons. The lowest BCUT2D eigenvalue weighted by Crippen LogP contribution is -2.51. The molecule has 0 spiro atoms. The first-order chi connectivity index (χ1) is 10.2. The summed E-state index contributed by atoms with van der Waals surface area (Å²) in [5.41, 5.74) is 1.16. The van der Waals surface area contributed by atoms with Crippen LogP contribution in [0.1, 0.15) is 24.9 Å². The molecule has 1 N–H and O–H groups in total. The van der Waals surface area contributed by atoms with Crippen LogP contribution < -0.4 is 4.74 Å². The van der Waals surface area contributed by atoms with Crippen LogP contribution in [-0.4, -0.2) is 48.4 Å². The highest BCUT2D eigenvalue weighted by Gasteiger charge is 2.38. The van der Waals surface area contributed by atoms with Crippen LogP contribution in [0.3, 0.4) is 0 Å². The number of carboxylic acids is 1. The molecule has 1 fully saturated rings. The fourth-order valence-corrected chi connectivity index (χ4v) is 3.39. The summed E-state index contributed by atoms with van der Waals surface area (Å²) in [6.45, 7) is 4.73. The number of aliphatic carboxylic acids is 1. The van der Waals surface area contributed by atoms with Gasteiger partial charge in [-0.2, -0.15) is 0 Å². The van der Waals surface area contributed by atoms with E-state index in [1.54, 1.807) is 0 Å². The molecule has 1 aromatic carbocycles. The van der Waals surface area contributed by atoms with Gasteiger partial charge in [-0.15, -0.1) is 0 Å². The van der Waals surface area contributed by atoms with Gasteiger partial charge in [0.2, 0.25) is 0 Å². The number of benzene rings is 1. The van der Waals surface area contributed by atoms with Crippen molar-refractivity contribution in [3.63, 3.8) is 0 Å². The van der Waals surface area contributed by atoms with Gasteiger partial charge in [-0.3, -0.25) is 9.69 Å². The van der Waals surface area contributed by atoms with Crippen molar-refractivity contribution >= 4 is 5.97 Å². The molecule has 0 saturated carbocycles. The van der Waals surface area contributed by atoms with Crippen molar-refractivity contribution < 1.29 is 19.4 Å². The Labute approximate surface area is 124 Å². The average Bonchev–Trinajstić information content (AvgIpc) is 2.48. The lowest BCUT2D eigenvalue weighted by molar-refractivity contribution is -0.141. The van der Waals surface area contributed by atoms with E-state index in [0.29, 0.717) is 25.7 Å². The maximum Gasteiger partial charge on any atom is 0.305 e. The van der Waals surface area contributed by atoms with Gasteiger partial charge < -0.3 is 14.6 Å². The molecule has 1 aromatic rings. The summed E-state index contributed by atoms with van der Waals surface area (Å²) in [6.07, 6.45) is 0.117. The molecule has 3 unspecified atom stereocenters. The Kier molecular flexibility index (Phi) is 4.12. The fraction of sp³-hybridized carbons (Fsp3) is 0.562. The first-order valence-corrected chi connectivity index (χ1v) is 7.44. The van der Waals surface area contributed by atoms with Crippen LogP contribution >= 0.6 is 0 Å². The van der Waals surface area contributed by atoms with E-state index in [0.717, 1.165) is 17.9 Å². The molecular formula is C16H21NO4. The lowest BCUT2D eigenvalue weighted by Gasteiger charge is -2.45. The normalized spacial score (nSPS) is 29.5. The molecule has 5 heteroatoms. The number of morpholine rings is 1. The molecule has 2 heterocycles. The number of hydrogen-bond acceptors (Lipinski definition) is 4. The van der Waals surface area contributed by atoms with Crippen molar-refractivity contribution in [1.29, 1.82) is 0 Å². The minimum Gasteiger partial charge on any atom is -0.493 e. The summed E-state index contributed by atoms with van der Waals surface area (Å²) in [4.78, 5) is 13.4. The molecule has 2 aliphatic rings. The second-order valence-corrected chi connectivity index (χ2v) is 5.84. The van der Waals surface area contributed by atoms with Crippen molar-refractivity contribution in [3.05, 3.63) is 29.8 Å². The van der Waals surface area contributed by atoms with Gasteiger partial charge in [-0.1, -0.05) is 25.1 Å². The van der Waals surface area contributed by atoms with E-state index in [1.165, 1.54) is 0 Å². The Morgan fingerprint density at radius 3 is 3.00 bits per heavy atom. The zero-order valence-electron chi connectivity index (χ0n) is 12.2. The topological polar surface area (TPSA) is 59.0 Å². The number of carbonyl (C=O) groups is 1. The summed E-state index contributed by atoms with van der Waals surface area (Å²) in [5.74, 6) is 0.471. The maximum atomic E-state index is 11.1. The summed E-state index contributed by atoms with van der Waals surface area (Å²) < 4.78 is 11.3. The first-order valence-electron chi connectivity index (χ1n) is 7.44. The smallest absolute Gasteiger partial charge is 0.305 e. The Bertz CT molecular complexity index is 519. The number of ether oxygens (including phenoxy) is 2. The Morgan fingerprint density at radius 2 is 2.19 bits per heavy atom. The van der Waals surface area contributed by atoms with Crippen LogP contribution in [0.4, 0.5) is 0 Å². The van der Waals surface area contributed by atoms with Crippen LogP contribution in [0.5, 0.6) is 5.75 Å². The number of fused-ring (bicyclic) bond motifs is 1. The van der Waals surface area contributed by atoms with Gasteiger partial charge >= 0.3 is 5.97 Å². The minimum atomic E-state index is -0.775. The van der Waals surface area contributed by atoms with E-state index in [1.807, 2.05) is 18.2 Å². The van der Waals surface area contributed by atoms with E-state index < -0.39 is 5.97 Å². The monoisotopic (exact) mass is 291 g/mol. The van der Waals surface area contributed by atoms with E-state index >= 15 is 0 Å². The third-order valence-electron chi connectivity index (χ3n) is 4.32. The van der Waals surface area contributed by atoms with Crippen LogP contribution in [0.15, 0.2) is 24.3 Å². The van der Waals surface area contributed by atoms with Crippen molar-refractivity contribution in [2.24, 2.45) is 5.92 Å². The van der Waals surface area contributed by atoms with Gasteiger partial charge in [0.1, 0.15) is 5.75 Å². The van der Waals surface area contributed by atoms with Crippen molar-refractivity contribution in [3.8, 4) is 5.75 Å². The average molecular weight is 291 g/mol. The van der Waals surface area contributed by atoms with Crippen LogP contribution in [0, 0.1) is 5.92 Å². The molecule has 5 nitrogen and oxygen atoms in total. The molecule has 0 aromatic heterocycles. The van der Waals surface area contributed by atoms with E-state index in [4.69, 9.17) is 14.6 Å². The molecule has 0 radical (unpaired) electrons. The number of carboxylic acid groups (broad SMARTS) is 1. The van der Waals surface area contributed by atoms with Crippen LogP contribution in [0.25, 0.3) is 0 Å². The number of hydrogen-bond donors (Lipinski definition) is 1. The highest BCUT2D eigenvalue weighted by Crippen LogP contribution is 2.40. The Balaban J connectivity index is 1.91. The first kappa shape index (κ1) is 14.4. The highest BCUT2D eigenvalue weighted by atomic mass is 16.5. The quantitative estimate of drug-likeness (QED) is 0.922. The molecule has 3 rings (SSSR count). The van der Waals surface area contributed by atoms with Gasteiger partial charge in [0.15, 0.2) is 0 Å². The lowest BCUT2D eigenvalue weighted by atomic mass is 9.89. The largest absolute Gasteiger partial charge is 0.493 e. The molecular weight excluding hydrogens is 270 g/mol. The number of nitrogens with zero attached hydrogens (tertiary/aromatic N) is 1. The summed E-state index contributed by atoms with van der Waals surface area (Å²) in [5, 5.41) is 9.14. The SMILES string of the molecule is CC1COc2ccccc2C1N1CCOCC1CC(=O)O. The van der Waals surface area contributed by atoms with E-state index in [2.05, 4.69) is 17.9 Å². The minimum absolute atomic E-state index is 0.0742. The van der Waals surface area contributed by atoms with E-state index in [9.17, 15) is 4.79 Å². The number of rotatable bonds is 3. The third kappa shape index (κ3) is 2.89. The van der Waals surface area contributed by atoms with Gasteiger partial charge in [0, 0.05) is 30.1 Å². The van der Waals surface area contributed by atoms with Crippen LogP contribution in [0.2, 0.25) is 0 Å². The standard InChI is InChI=1S/C16H21NO4/c1-11-9-21-14-5-3-2-4-13(14)16(11)17-6-7-20-10-12(17)8-15(18)19/h2-5,11-12,16H,6-10H2,1H3,(H,18,19). The molecule has 3 atom stereocenters. The second-order valence-electron chi connectivity index (χ2n) is 5.84.